The third-order valence-electron chi connectivity index (χ3n) is 2.82. The lowest BCUT2D eigenvalue weighted by atomic mass is 10.0. The molecular weight excluding hydrogens is 200 g/mol. The van der Waals surface area contributed by atoms with Crippen molar-refractivity contribution in [1.29, 1.82) is 0 Å². The van der Waals surface area contributed by atoms with Gasteiger partial charge < -0.3 is 9.52 Å². The molecule has 1 unspecified atom stereocenters. The summed E-state index contributed by atoms with van der Waals surface area (Å²) < 4.78 is 5.41. The van der Waals surface area contributed by atoms with Gasteiger partial charge in [-0.15, -0.1) is 6.58 Å². The van der Waals surface area contributed by atoms with Gasteiger partial charge in [0.2, 0.25) is 0 Å². The topological polar surface area (TPSA) is 33.4 Å². The third kappa shape index (κ3) is 3.86. The van der Waals surface area contributed by atoms with Crippen LogP contribution in [0.5, 0.6) is 0 Å². The van der Waals surface area contributed by atoms with E-state index in [-0.39, 0.29) is 6.10 Å². The van der Waals surface area contributed by atoms with Gasteiger partial charge in [-0.2, -0.15) is 0 Å². The van der Waals surface area contributed by atoms with E-state index in [1.54, 1.807) is 0 Å². The summed E-state index contributed by atoms with van der Waals surface area (Å²) in [5.74, 6) is 1.72. The maximum Gasteiger partial charge on any atom is 0.106 e. The molecule has 0 aliphatic heterocycles. The molecule has 1 aromatic rings. The smallest absolute Gasteiger partial charge is 0.106 e. The van der Waals surface area contributed by atoms with Crippen molar-refractivity contribution >= 4 is 0 Å². The molecule has 1 heterocycles. The molecule has 0 bridgehead atoms. The SMILES string of the molecule is C=CCCCCCC(O)c1cc(C)oc1C. The van der Waals surface area contributed by atoms with Crippen molar-refractivity contribution < 1.29 is 9.52 Å². The summed E-state index contributed by atoms with van der Waals surface area (Å²) in [6, 6.07) is 1.93. The summed E-state index contributed by atoms with van der Waals surface area (Å²) in [6.07, 6.45) is 6.83. The van der Waals surface area contributed by atoms with E-state index in [0.29, 0.717) is 0 Å². The number of allylic oxidation sites excluding steroid dienone is 1. The number of aliphatic hydroxyl groups is 1. The number of hydrogen-bond acceptors (Lipinski definition) is 2. The second kappa shape index (κ2) is 6.54. The third-order valence-corrected chi connectivity index (χ3v) is 2.82. The molecule has 1 rings (SSSR count). The molecule has 16 heavy (non-hydrogen) atoms. The number of aliphatic hydroxyl groups excluding tert-OH is 1. The van der Waals surface area contributed by atoms with E-state index in [1.807, 2.05) is 26.0 Å². The Morgan fingerprint density at radius 2 is 2.12 bits per heavy atom. The highest BCUT2D eigenvalue weighted by Crippen LogP contribution is 2.25. The van der Waals surface area contributed by atoms with Crippen molar-refractivity contribution in [3.05, 3.63) is 35.8 Å². The van der Waals surface area contributed by atoms with E-state index in [4.69, 9.17) is 4.42 Å². The predicted octanol–water partition coefficient (Wildman–Crippen LogP) is 4.07. The standard InChI is InChI=1S/C14H22O2/c1-4-5-6-7-8-9-14(15)13-10-11(2)16-12(13)3/h4,10,14-15H,1,5-9H2,2-3H3. The van der Waals surface area contributed by atoms with Crippen molar-refractivity contribution in [2.45, 2.75) is 52.1 Å². The first-order valence-electron chi connectivity index (χ1n) is 6.01. The molecule has 1 aromatic heterocycles. The van der Waals surface area contributed by atoms with Gasteiger partial charge in [-0.3, -0.25) is 0 Å². The number of aryl methyl sites for hydroxylation is 2. The van der Waals surface area contributed by atoms with Gasteiger partial charge in [-0.25, -0.2) is 0 Å². The summed E-state index contributed by atoms with van der Waals surface area (Å²) in [6.45, 7) is 7.51. The molecule has 90 valence electrons. The van der Waals surface area contributed by atoms with Crippen molar-refractivity contribution in [2.24, 2.45) is 0 Å². The van der Waals surface area contributed by atoms with E-state index in [1.165, 1.54) is 6.42 Å². The average Bonchev–Trinajstić information content (AvgIpc) is 2.57. The van der Waals surface area contributed by atoms with Crippen LogP contribution in [0.1, 0.15) is 55.3 Å². The summed E-state index contributed by atoms with van der Waals surface area (Å²) in [7, 11) is 0. The Bertz CT molecular complexity index is 325. The molecule has 0 saturated carbocycles. The Morgan fingerprint density at radius 1 is 1.38 bits per heavy atom. The Kier molecular flexibility index (Phi) is 5.33. The van der Waals surface area contributed by atoms with E-state index < -0.39 is 0 Å². The molecule has 0 radical (unpaired) electrons. The van der Waals surface area contributed by atoms with E-state index >= 15 is 0 Å². The molecule has 0 saturated heterocycles. The van der Waals surface area contributed by atoms with Crippen LogP contribution in [0.15, 0.2) is 23.1 Å². The summed E-state index contributed by atoms with van der Waals surface area (Å²) in [4.78, 5) is 0. The molecule has 0 aromatic carbocycles. The number of hydrogen-bond donors (Lipinski definition) is 1. The van der Waals surface area contributed by atoms with Crippen LogP contribution in [0.2, 0.25) is 0 Å². The lowest BCUT2D eigenvalue weighted by Crippen LogP contribution is -1.97. The van der Waals surface area contributed by atoms with Gasteiger partial charge >= 0.3 is 0 Å². The fourth-order valence-electron chi connectivity index (χ4n) is 1.94. The Balaban J connectivity index is 2.32. The average molecular weight is 222 g/mol. The first-order valence-corrected chi connectivity index (χ1v) is 6.01. The summed E-state index contributed by atoms with van der Waals surface area (Å²) >= 11 is 0. The maximum absolute atomic E-state index is 9.99. The molecule has 0 spiro atoms. The lowest BCUT2D eigenvalue weighted by Gasteiger charge is -2.08. The minimum atomic E-state index is -0.374. The first-order chi connectivity index (χ1) is 7.65. The molecule has 0 fully saturated rings. The summed E-state index contributed by atoms with van der Waals surface area (Å²) in [5.41, 5.74) is 0.946. The van der Waals surface area contributed by atoms with Gasteiger partial charge in [0.1, 0.15) is 11.5 Å². The van der Waals surface area contributed by atoms with Crippen molar-refractivity contribution in [1.82, 2.24) is 0 Å². The van der Waals surface area contributed by atoms with Crippen LogP contribution >= 0.6 is 0 Å². The van der Waals surface area contributed by atoms with Crippen molar-refractivity contribution in [3.63, 3.8) is 0 Å². The quantitative estimate of drug-likeness (QED) is 0.557. The normalized spacial score (nSPS) is 12.7. The minimum absolute atomic E-state index is 0.374. The monoisotopic (exact) mass is 222 g/mol. The highest BCUT2D eigenvalue weighted by Gasteiger charge is 2.13. The van der Waals surface area contributed by atoms with Gasteiger partial charge in [0.25, 0.3) is 0 Å². The van der Waals surface area contributed by atoms with Crippen LogP contribution in [0.3, 0.4) is 0 Å². The Labute approximate surface area is 98.0 Å². The fourth-order valence-corrected chi connectivity index (χ4v) is 1.94. The lowest BCUT2D eigenvalue weighted by molar-refractivity contribution is 0.161. The van der Waals surface area contributed by atoms with Crippen LogP contribution in [-0.2, 0) is 0 Å². The molecule has 0 aliphatic carbocycles. The largest absolute Gasteiger partial charge is 0.466 e. The molecular formula is C14H22O2. The van der Waals surface area contributed by atoms with Crippen LogP contribution in [0, 0.1) is 13.8 Å². The molecule has 1 N–H and O–H groups in total. The van der Waals surface area contributed by atoms with Gasteiger partial charge in [0.05, 0.1) is 6.10 Å². The molecule has 1 atom stereocenters. The van der Waals surface area contributed by atoms with Gasteiger partial charge in [0, 0.05) is 5.56 Å². The van der Waals surface area contributed by atoms with E-state index in [0.717, 1.165) is 42.8 Å². The van der Waals surface area contributed by atoms with Gasteiger partial charge in [-0.05, 0) is 39.2 Å². The molecule has 2 heteroatoms. The maximum atomic E-state index is 9.99. The molecule has 0 amide bonds. The Hall–Kier alpha value is -1.02. The predicted molar refractivity (Wildman–Crippen MR) is 66.4 cm³/mol. The van der Waals surface area contributed by atoms with Crippen LogP contribution < -0.4 is 0 Å². The minimum Gasteiger partial charge on any atom is -0.466 e. The molecule has 0 aliphatic rings. The van der Waals surface area contributed by atoms with Crippen molar-refractivity contribution in [2.75, 3.05) is 0 Å². The van der Waals surface area contributed by atoms with Crippen molar-refractivity contribution in [3.8, 4) is 0 Å². The Morgan fingerprint density at radius 3 is 2.69 bits per heavy atom. The highest BCUT2D eigenvalue weighted by atomic mass is 16.3. The van der Waals surface area contributed by atoms with Crippen LogP contribution in [0.25, 0.3) is 0 Å². The number of unbranched alkanes of at least 4 members (excludes halogenated alkanes) is 3. The van der Waals surface area contributed by atoms with Gasteiger partial charge in [-0.1, -0.05) is 18.9 Å². The van der Waals surface area contributed by atoms with Crippen LogP contribution in [-0.4, -0.2) is 5.11 Å². The zero-order chi connectivity index (χ0) is 12.0. The number of rotatable bonds is 7. The summed E-state index contributed by atoms with van der Waals surface area (Å²) in [5, 5.41) is 9.99. The zero-order valence-electron chi connectivity index (χ0n) is 10.3. The fraction of sp³-hybridized carbons (Fsp3) is 0.571. The van der Waals surface area contributed by atoms with Gasteiger partial charge in [0.15, 0.2) is 0 Å². The highest BCUT2D eigenvalue weighted by molar-refractivity contribution is 5.22. The van der Waals surface area contributed by atoms with Crippen LogP contribution in [0.4, 0.5) is 0 Å². The van der Waals surface area contributed by atoms with E-state index in [9.17, 15) is 5.11 Å². The second-order valence-electron chi connectivity index (χ2n) is 4.31. The van der Waals surface area contributed by atoms with E-state index in [2.05, 4.69) is 6.58 Å². The molecule has 2 nitrogen and oxygen atoms in total. The first kappa shape index (κ1) is 13.0. The zero-order valence-corrected chi connectivity index (χ0v) is 10.3. The number of furan rings is 1. The second-order valence-corrected chi connectivity index (χ2v) is 4.31.